The zero-order valence-corrected chi connectivity index (χ0v) is 14.3. The van der Waals surface area contributed by atoms with Gasteiger partial charge in [-0.05, 0) is 37.7 Å². The highest BCUT2D eigenvalue weighted by Crippen LogP contribution is 2.45. The number of carboxylic acid groups (broad SMARTS) is 1. The number of rotatable bonds is 4. The molecule has 4 rings (SSSR count). The van der Waals surface area contributed by atoms with Crippen molar-refractivity contribution in [2.24, 2.45) is 23.7 Å². The van der Waals surface area contributed by atoms with Crippen molar-refractivity contribution >= 4 is 34.2 Å². The van der Waals surface area contributed by atoms with Crippen LogP contribution in [0.5, 0.6) is 0 Å². The van der Waals surface area contributed by atoms with Crippen LogP contribution in [-0.4, -0.2) is 30.1 Å². The van der Waals surface area contributed by atoms with Gasteiger partial charge in [-0.1, -0.05) is 12.2 Å². The Bertz CT molecular complexity index is 723. The van der Waals surface area contributed by atoms with Crippen LogP contribution in [0.3, 0.4) is 0 Å². The molecule has 2 bridgehead atoms. The molecule has 3 aliphatic rings. The molecule has 0 spiro atoms. The third kappa shape index (κ3) is 2.84. The fraction of sp³-hybridized carbons (Fsp3) is 0.471. The molecule has 0 saturated heterocycles. The molecular weight excluding hydrogens is 330 g/mol. The van der Waals surface area contributed by atoms with Crippen molar-refractivity contribution in [3.63, 3.8) is 0 Å². The summed E-state index contributed by atoms with van der Waals surface area (Å²) in [7, 11) is 1.28. The summed E-state index contributed by atoms with van der Waals surface area (Å²) in [5.74, 6) is -3.30. The molecular formula is C17H19NO5S. The molecule has 1 heterocycles. The second-order valence-electron chi connectivity index (χ2n) is 6.26. The number of carboxylic acids is 1. The number of fused-ring (bicyclic) bond motifs is 2. The van der Waals surface area contributed by atoms with Crippen LogP contribution in [0.25, 0.3) is 0 Å². The number of ether oxygens (including phenoxy) is 1. The average Bonchev–Trinajstić information content (AvgIpc) is 2.94. The number of hydrogen-bond acceptors (Lipinski definition) is 5. The Morgan fingerprint density at radius 2 is 1.83 bits per heavy atom. The number of thiophene rings is 1. The number of amides is 1. The van der Waals surface area contributed by atoms with Crippen molar-refractivity contribution < 1.29 is 24.2 Å². The molecule has 1 saturated carbocycles. The first-order valence-electron chi connectivity index (χ1n) is 7.83. The van der Waals surface area contributed by atoms with Crippen LogP contribution in [0.15, 0.2) is 18.2 Å². The van der Waals surface area contributed by atoms with Crippen molar-refractivity contribution in [1.29, 1.82) is 0 Å². The number of nitrogens with one attached hydrogen (secondary N) is 1. The van der Waals surface area contributed by atoms with Gasteiger partial charge in [0.1, 0.15) is 5.00 Å². The SMILES string of the molecule is COC(=O)c1cc(C)sc1NC(=O)[C@@H]1[C@H](C(=O)O)[C@H]2C=C[C@H]1CC2. The minimum Gasteiger partial charge on any atom is -0.481 e. The van der Waals surface area contributed by atoms with E-state index in [9.17, 15) is 19.5 Å². The third-order valence-corrected chi connectivity index (χ3v) is 5.80. The maximum Gasteiger partial charge on any atom is 0.340 e. The molecule has 1 fully saturated rings. The summed E-state index contributed by atoms with van der Waals surface area (Å²) in [6.07, 6.45) is 5.49. The van der Waals surface area contributed by atoms with Gasteiger partial charge in [0.25, 0.3) is 0 Å². The minimum atomic E-state index is -0.940. The van der Waals surface area contributed by atoms with Gasteiger partial charge in [-0.3, -0.25) is 9.59 Å². The molecule has 1 aromatic heterocycles. The van der Waals surface area contributed by atoms with E-state index in [1.165, 1.54) is 18.4 Å². The zero-order valence-electron chi connectivity index (χ0n) is 13.4. The monoisotopic (exact) mass is 349 g/mol. The van der Waals surface area contributed by atoms with Gasteiger partial charge < -0.3 is 15.2 Å². The van der Waals surface area contributed by atoms with Gasteiger partial charge in [0.15, 0.2) is 0 Å². The van der Waals surface area contributed by atoms with Crippen molar-refractivity contribution in [3.8, 4) is 0 Å². The maximum atomic E-state index is 12.8. The van der Waals surface area contributed by atoms with Gasteiger partial charge >= 0.3 is 11.9 Å². The van der Waals surface area contributed by atoms with Gasteiger partial charge in [-0.2, -0.15) is 0 Å². The summed E-state index contributed by atoms with van der Waals surface area (Å²) in [6, 6.07) is 1.66. The molecule has 128 valence electrons. The highest BCUT2D eigenvalue weighted by molar-refractivity contribution is 7.16. The summed E-state index contributed by atoms with van der Waals surface area (Å²) < 4.78 is 4.74. The van der Waals surface area contributed by atoms with E-state index in [0.29, 0.717) is 10.6 Å². The topological polar surface area (TPSA) is 92.7 Å². The summed E-state index contributed by atoms with van der Waals surface area (Å²) in [5.41, 5.74) is 0.303. The maximum absolute atomic E-state index is 12.8. The molecule has 24 heavy (non-hydrogen) atoms. The number of esters is 1. The van der Waals surface area contributed by atoms with Crippen LogP contribution in [0.2, 0.25) is 0 Å². The van der Waals surface area contributed by atoms with E-state index in [-0.39, 0.29) is 17.7 Å². The smallest absolute Gasteiger partial charge is 0.340 e. The Labute approximate surface area is 143 Å². The predicted molar refractivity (Wildman–Crippen MR) is 89.0 cm³/mol. The Balaban J connectivity index is 1.86. The predicted octanol–water partition coefficient (Wildman–Crippen LogP) is 2.69. The molecule has 0 radical (unpaired) electrons. The Morgan fingerprint density at radius 1 is 1.21 bits per heavy atom. The van der Waals surface area contributed by atoms with Crippen molar-refractivity contribution in [2.45, 2.75) is 19.8 Å². The van der Waals surface area contributed by atoms with Gasteiger partial charge in [0.05, 0.1) is 24.5 Å². The van der Waals surface area contributed by atoms with Gasteiger partial charge in [-0.15, -0.1) is 11.3 Å². The van der Waals surface area contributed by atoms with Crippen LogP contribution in [0, 0.1) is 30.6 Å². The first kappa shape index (κ1) is 16.7. The van der Waals surface area contributed by atoms with E-state index in [4.69, 9.17) is 4.74 Å². The van der Waals surface area contributed by atoms with E-state index in [1.807, 2.05) is 19.1 Å². The molecule has 2 N–H and O–H groups in total. The third-order valence-electron chi connectivity index (χ3n) is 4.83. The van der Waals surface area contributed by atoms with Crippen LogP contribution in [-0.2, 0) is 14.3 Å². The van der Waals surface area contributed by atoms with E-state index in [0.717, 1.165) is 17.7 Å². The lowest BCUT2D eigenvalue weighted by atomic mass is 9.62. The molecule has 0 aromatic carbocycles. The second-order valence-corrected chi connectivity index (χ2v) is 7.52. The molecule has 1 aromatic rings. The molecule has 7 heteroatoms. The number of allylic oxidation sites excluding steroid dienone is 2. The largest absolute Gasteiger partial charge is 0.481 e. The molecule has 0 aliphatic heterocycles. The van der Waals surface area contributed by atoms with Crippen molar-refractivity contribution in [3.05, 3.63) is 28.7 Å². The fourth-order valence-corrected chi connectivity index (χ4v) is 4.65. The number of aryl methyl sites for hydroxylation is 1. The number of methoxy groups -OCH3 is 1. The van der Waals surface area contributed by atoms with Crippen LogP contribution < -0.4 is 5.32 Å². The number of aliphatic carboxylic acids is 1. The van der Waals surface area contributed by atoms with Gasteiger partial charge in [-0.25, -0.2) is 4.79 Å². The van der Waals surface area contributed by atoms with Gasteiger partial charge in [0.2, 0.25) is 5.91 Å². The highest BCUT2D eigenvalue weighted by Gasteiger charge is 2.48. The lowest BCUT2D eigenvalue weighted by Crippen LogP contribution is -2.47. The summed E-state index contributed by atoms with van der Waals surface area (Å²) in [4.78, 5) is 37.1. The van der Waals surface area contributed by atoms with E-state index in [2.05, 4.69) is 5.32 Å². The van der Waals surface area contributed by atoms with E-state index < -0.39 is 23.8 Å². The molecule has 6 nitrogen and oxygen atoms in total. The first-order chi connectivity index (χ1) is 11.4. The number of anilines is 1. The Hall–Kier alpha value is -2.15. The first-order valence-corrected chi connectivity index (χ1v) is 8.64. The molecule has 3 aliphatic carbocycles. The summed E-state index contributed by atoms with van der Waals surface area (Å²) in [6.45, 7) is 1.83. The zero-order chi connectivity index (χ0) is 17.4. The normalized spacial score (nSPS) is 27.8. The fourth-order valence-electron chi connectivity index (χ4n) is 3.75. The van der Waals surface area contributed by atoms with E-state index >= 15 is 0 Å². The molecule has 0 unspecified atom stereocenters. The minimum absolute atomic E-state index is 0.0706. The van der Waals surface area contributed by atoms with Crippen LogP contribution in [0.4, 0.5) is 5.00 Å². The average molecular weight is 349 g/mol. The molecule has 4 atom stereocenters. The summed E-state index contributed by atoms with van der Waals surface area (Å²) >= 11 is 1.28. The van der Waals surface area contributed by atoms with Crippen LogP contribution in [0.1, 0.15) is 28.1 Å². The van der Waals surface area contributed by atoms with Gasteiger partial charge in [0, 0.05) is 4.88 Å². The Kier molecular flexibility index (Phi) is 4.45. The van der Waals surface area contributed by atoms with E-state index in [1.54, 1.807) is 6.07 Å². The van der Waals surface area contributed by atoms with Crippen molar-refractivity contribution in [1.82, 2.24) is 0 Å². The second kappa shape index (κ2) is 6.39. The standard InChI is InChI=1S/C17H19NO5S/c1-8-7-11(17(22)23-2)15(24-8)18-14(19)12-9-3-5-10(6-4-9)13(12)16(20)21/h3,5,7,9-10,12-13H,4,6H2,1-2H3,(H,18,19)(H,20,21)/t9-,10-,12-,13+/m0/s1. The quantitative estimate of drug-likeness (QED) is 0.644. The number of carbonyl (C=O) groups is 3. The molecule has 1 amide bonds. The number of hydrogen-bond donors (Lipinski definition) is 2. The highest BCUT2D eigenvalue weighted by atomic mass is 32.1. The number of carbonyl (C=O) groups excluding carboxylic acids is 2. The summed E-state index contributed by atoms with van der Waals surface area (Å²) in [5, 5.41) is 12.7. The van der Waals surface area contributed by atoms with Crippen LogP contribution >= 0.6 is 11.3 Å². The Morgan fingerprint density at radius 3 is 2.38 bits per heavy atom. The lowest BCUT2D eigenvalue weighted by Gasteiger charge is -2.41. The van der Waals surface area contributed by atoms with Crippen molar-refractivity contribution in [2.75, 3.05) is 12.4 Å². The lowest BCUT2D eigenvalue weighted by molar-refractivity contribution is -0.151.